The third-order valence-electron chi connectivity index (χ3n) is 1.52. The fourth-order valence-electron chi connectivity index (χ4n) is 0.754. The molecule has 13 heavy (non-hydrogen) atoms. The second-order valence-corrected chi connectivity index (χ2v) is 3.86. The summed E-state index contributed by atoms with van der Waals surface area (Å²) in [6, 6.07) is 7.29. The quantitative estimate of drug-likeness (QED) is 0.589. The molecule has 0 unspecified atom stereocenters. The summed E-state index contributed by atoms with van der Waals surface area (Å²) in [5.41, 5.74) is 0. The summed E-state index contributed by atoms with van der Waals surface area (Å²) in [5, 5.41) is 0. The molecular formula is C10H11BrO2. The number of benzene rings is 1. The number of hydrogen-bond acceptors (Lipinski definition) is 2. The highest BCUT2D eigenvalue weighted by molar-refractivity contribution is 9.10. The number of esters is 1. The molecule has 2 nitrogen and oxygen atoms in total. The molecular weight excluding hydrogens is 232 g/mol. The molecule has 1 aromatic rings. The minimum Gasteiger partial charge on any atom is -0.425 e. The monoisotopic (exact) mass is 242 g/mol. The highest BCUT2D eigenvalue weighted by atomic mass is 79.9. The first-order valence-electron chi connectivity index (χ1n) is 4.07. The third-order valence-corrected chi connectivity index (χ3v) is 2.17. The second kappa shape index (κ2) is 4.42. The maximum atomic E-state index is 11.2. The van der Waals surface area contributed by atoms with Crippen molar-refractivity contribution in [3.63, 3.8) is 0 Å². The lowest BCUT2D eigenvalue weighted by atomic mass is 10.2. The summed E-state index contributed by atoms with van der Waals surface area (Å²) < 4.78 is 5.92. The first-order chi connectivity index (χ1) is 6.11. The zero-order valence-corrected chi connectivity index (χ0v) is 9.17. The van der Waals surface area contributed by atoms with Gasteiger partial charge in [-0.05, 0) is 28.1 Å². The van der Waals surface area contributed by atoms with Gasteiger partial charge in [0.15, 0.2) is 0 Å². The molecule has 0 saturated carbocycles. The Labute approximate surface area is 86.0 Å². The van der Waals surface area contributed by atoms with Gasteiger partial charge < -0.3 is 4.74 Å². The van der Waals surface area contributed by atoms with E-state index in [0.29, 0.717) is 5.75 Å². The van der Waals surface area contributed by atoms with E-state index >= 15 is 0 Å². The number of carbonyl (C=O) groups is 1. The highest BCUT2D eigenvalue weighted by Gasteiger charge is 2.10. The van der Waals surface area contributed by atoms with Crippen molar-refractivity contribution in [2.75, 3.05) is 0 Å². The van der Waals surface area contributed by atoms with E-state index in [1.807, 2.05) is 18.2 Å². The Morgan fingerprint density at radius 3 is 2.54 bits per heavy atom. The minimum atomic E-state index is -0.216. The molecule has 70 valence electrons. The van der Waals surface area contributed by atoms with E-state index in [1.54, 1.807) is 19.9 Å². The molecule has 0 bridgehead atoms. The summed E-state index contributed by atoms with van der Waals surface area (Å²) >= 11 is 3.30. The molecule has 1 rings (SSSR count). The third kappa shape index (κ3) is 2.84. The van der Waals surface area contributed by atoms with Gasteiger partial charge in [0, 0.05) is 0 Å². The van der Waals surface area contributed by atoms with Crippen LogP contribution >= 0.6 is 15.9 Å². The average molecular weight is 243 g/mol. The average Bonchev–Trinajstić information content (AvgIpc) is 2.08. The van der Waals surface area contributed by atoms with Crippen molar-refractivity contribution in [3.05, 3.63) is 28.7 Å². The van der Waals surface area contributed by atoms with E-state index in [1.165, 1.54) is 0 Å². The highest BCUT2D eigenvalue weighted by Crippen LogP contribution is 2.24. The molecule has 0 atom stereocenters. The van der Waals surface area contributed by atoms with E-state index < -0.39 is 0 Å². The van der Waals surface area contributed by atoms with Gasteiger partial charge in [-0.25, -0.2) is 0 Å². The van der Waals surface area contributed by atoms with Gasteiger partial charge in [-0.1, -0.05) is 26.0 Å². The van der Waals surface area contributed by atoms with Crippen LogP contribution in [0.2, 0.25) is 0 Å². The van der Waals surface area contributed by atoms with Crippen LogP contribution < -0.4 is 4.74 Å². The van der Waals surface area contributed by atoms with Crippen LogP contribution in [0.15, 0.2) is 28.7 Å². The molecule has 0 aliphatic carbocycles. The van der Waals surface area contributed by atoms with Crippen molar-refractivity contribution in [3.8, 4) is 5.75 Å². The summed E-state index contributed by atoms with van der Waals surface area (Å²) in [6.07, 6.45) is 0. The van der Waals surface area contributed by atoms with Crippen LogP contribution in [-0.2, 0) is 4.79 Å². The van der Waals surface area contributed by atoms with Gasteiger partial charge in [0.1, 0.15) is 5.75 Å². The fraction of sp³-hybridized carbons (Fsp3) is 0.300. The first-order valence-corrected chi connectivity index (χ1v) is 4.87. The molecule has 0 heterocycles. The summed E-state index contributed by atoms with van der Waals surface area (Å²) in [4.78, 5) is 11.2. The SMILES string of the molecule is CC(C)C(=O)Oc1ccccc1Br. The molecule has 0 spiro atoms. The summed E-state index contributed by atoms with van der Waals surface area (Å²) in [5.74, 6) is 0.250. The van der Waals surface area contributed by atoms with E-state index in [0.717, 1.165) is 4.47 Å². The molecule has 3 heteroatoms. The van der Waals surface area contributed by atoms with Crippen LogP contribution in [0.1, 0.15) is 13.8 Å². The van der Waals surface area contributed by atoms with Crippen LogP contribution in [0.5, 0.6) is 5.75 Å². The number of hydrogen-bond donors (Lipinski definition) is 0. The van der Waals surface area contributed by atoms with Gasteiger partial charge in [-0.15, -0.1) is 0 Å². The Morgan fingerprint density at radius 1 is 1.38 bits per heavy atom. The summed E-state index contributed by atoms with van der Waals surface area (Å²) in [7, 11) is 0. The zero-order valence-electron chi connectivity index (χ0n) is 7.58. The molecule has 0 amide bonds. The summed E-state index contributed by atoms with van der Waals surface area (Å²) in [6.45, 7) is 3.61. The molecule has 0 aliphatic heterocycles. The van der Waals surface area contributed by atoms with Crippen LogP contribution in [0, 0.1) is 5.92 Å². The Kier molecular flexibility index (Phi) is 3.48. The van der Waals surface area contributed by atoms with Gasteiger partial charge in [0.2, 0.25) is 0 Å². The number of para-hydroxylation sites is 1. The van der Waals surface area contributed by atoms with Gasteiger partial charge in [-0.2, -0.15) is 0 Å². The maximum absolute atomic E-state index is 11.2. The lowest BCUT2D eigenvalue weighted by molar-refractivity contribution is -0.137. The second-order valence-electron chi connectivity index (χ2n) is 3.01. The molecule has 0 saturated heterocycles. The molecule has 0 fully saturated rings. The Bertz CT molecular complexity index is 308. The minimum absolute atomic E-state index is 0.105. The van der Waals surface area contributed by atoms with Crippen LogP contribution in [0.4, 0.5) is 0 Å². The number of rotatable bonds is 2. The van der Waals surface area contributed by atoms with Crippen molar-refractivity contribution >= 4 is 21.9 Å². The van der Waals surface area contributed by atoms with Crippen LogP contribution in [0.3, 0.4) is 0 Å². The Morgan fingerprint density at radius 2 is 2.00 bits per heavy atom. The topological polar surface area (TPSA) is 26.3 Å². The van der Waals surface area contributed by atoms with Crippen molar-refractivity contribution in [1.82, 2.24) is 0 Å². The standard InChI is InChI=1S/C10H11BrO2/c1-7(2)10(12)13-9-6-4-3-5-8(9)11/h3-7H,1-2H3. The Hall–Kier alpha value is -0.830. The molecule has 1 aromatic carbocycles. The van der Waals surface area contributed by atoms with Crippen molar-refractivity contribution in [1.29, 1.82) is 0 Å². The normalized spacial score (nSPS) is 10.2. The Balaban J connectivity index is 2.75. The predicted octanol–water partition coefficient (Wildman–Crippen LogP) is 3.01. The van der Waals surface area contributed by atoms with Gasteiger partial charge in [0.25, 0.3) is 0 Å². The number of halogens is 1. The zero-order chi connectivity index (χ0) is 9.84. The molecule has 0 radical (unpaired) electrons. The van der Waals surface area contributed by atoms with Crippen molar-refractivity contribution in [2.45, 2.75) is 13.8 Å². The number of ether oxygens (including phenoxy) is 1. The smallest absolute Gasteiger partial charge is 0.313 e. The molecule has 0 aromatic heterocycles. The lowest BCUT2D eigenvalue weighted by Gasteiger charge is -2.07. The van der Waals surface area contributed by atoms with Crippen molar-refractivity contribution in [2.24, 2.45) is 5.92 Å². The largest absolute Gasteiger partial charge is 0.425 e. The van der Waals surface area contributed by atoms with Gasteiger partial charge >= 0.3 is 5.97 Å². The lowest BCUT2D eigenvalue weighted by Crippen LogP contribution is -2.14. The molecule has 0 N–H and O–H groups in total. The van der Waals surface area contributed by atoms with Gasteiger partial charge in [-0.3, -0.25) is 4.79 Å². The molecule has 0 aliphatic rings. The van der Waals surface area contributed by atoms with Crippen LogP contribution in [0.25, 0.3) is 0 Å². The van der Waals surface area contributed by atoms with Crippen molar-refractivity contribution < 1.29 is 9.53 Å². The fourth-order valence-corrected chi connectivity index (χ4v) is 1.12. The number of carbonyl (C=O) groups excluding carboxylic acids is 1. The van der Waals surface area contributed by atoms with E-state index in [2.05, 4.69) is 15.9 Å². The first kappa shape index (κ1) is 10.3. The van der Waals surface area contributed by atoms with E-state index in [4.69, 9.17) is 4.74 Å². The predicted molar refractivity (Wildman–Crippen MR) is 54.6 cm³/mol. The maximum Gasteiger partial charge on any atom is 0.313 e. The van der Waals surface area contributed by atoms with E-state index in [9.17, 15) is 4.79 Å². The van der Waals surface area contributed by atoms with Crippen LogP contribution in [-0.4, -0.2) is 5.97 Å². The van der Waals surface area contributed by atoms with E-state index in [-0.39, 0.29) is 11.9 Å². The van der Waals surface area contributed by atoms with Gasteiger partial charge in [0.05, 0.1) is 10.4 Å².